The normalized spacial score (nSPS) is 14.0. The van der Waals surface area contributed by atoms with Crippen molar-refractivity contribution in [1.82, 2.24) is 15.5 Å². The summed E-state index contributed by atoms with van der Waals surface area (Å²) in [4.78, 5) is 27.4. The first-order valence-electron chi connectivity index (χ1n) is 10.5. The Hall–Kier alpha value is -3.22. The van der Waals surface area contributed by atoms with Crippen LogP contribution < -0.4 is 16.0 Å². The Morgan fingerprint density at radius 1 is 1.13 bits per heavy atom. The van der Waals surface area contributed by atoms with Crippen LogP contribution in [0.2, 0.25) is 0 Å². The summed E-state index contributed by atoms with van der Waals surface area (Å²) in [6, 6.07) is 11.3. The molecule has 6 nitrogen and oxygen atoms in total. The Labute approximate surface area is 184 Å². The first-order valence-corrected chi connectivity index (χ1v) is 10.5. The molecule has 2 aromatic rings. The molecule has 0 unspecified atom stereocenters. The van der Waals surface area contributed by atoms with E-state index in [9.17, 15) is 9.59 Å². The van der Waals surface area contributed by atoms with Gasteiger partial charge in [0.15, 0.2) is 0 Å². The van der Waals surface area contributed by atoms with Gasteiger partial charge in [-0.15, -0.1) is 0 Å². The number of anilines is 1. The number of aryl methyl sites for hydroxylation is 1. The minimum atomic E-state index is -0.185. The Balaban J connectivity index is 1.65. The number of amides is 2. The molecule has 1 aliphatic rings. The molecule has 162 valence electrons. The molecule has 6 heteroatoms. The van der Waals surface area contributed by atoms with Crippen molar-refractivity contribution in [3.05, 3.63) is 77.4 Å². The summed E-state index contributed by atoms with van der Waals surface area (Å²) >= 11 is 0. The third kappa shape index (κ3) is 5.90. The van der Waals surface area contributed by atoms with Crippen molar-refractivity contribution in [3.8, 4) is 0 Å². The van der Waals surface area contributed by atoms with E-state index in [0.29, 0.717) is 24.3 Å². The summed E-state index contributed by atoms with van der Waals surface area (Å²) in [6.07, 6.45) is 3.55. The molecule has 3 N–H and O–H groups in total. The monoisotopic (exact) mass is 418 g/mol. The van der Waals surface area contributed by atoms with E-state index < -0.39 is 0 Å². The van der Waals surface area contributed by atoms with Crippen molar-refractivity contribution in [2.75, 3.05) is 38.0 Å². The summed E-state index contributed by atoms with van der Waals surface area (Å²) in [7, 11) is 0. The first-order chi connectivity index (χ1) is 15.0. The smallest absolute Gasteiger partial charge is 0.251 e. The van der Waals surface area contributed by atoms with Crippen LogP contribution in [0.5, 0.6) is 0 Å². The van der Waals surface area contributed by atoms with Crippen LogP contribution in [0.4, 0.5) is 5.69 Å². The van der Waals surface area contributed by atoms with Gasteiger partial charge in [-0.2, -0.15) is 0 Å². The van der Waals surface area contributed by atoms with Crippen LogP contribution in [0, 0.1) is 6.92 Å². The predicted octanol–water partition coefficient (Wildman–Crippen LogP) is 3.05. The van der Waals surface area contributed by atoms with E-state index in [1.54, 1.807) is 18.2 Å². The molecule has 2 aromatic carbocycles. The van der Waals surface area contributed by atoms with Crippen molar-refractivity contribution < 1.29 is 9.59 Å². The number of piperazine rings is 1. The van der Waals surface area contributed by atoms with Crippen LogP contribution in [-0.4, -0.2) is 49.4 Å². The van der Waals surface area contributed by atoms with Gasteiger partial charge in [-0.05, 0) is 41.3 Å². The molecule has 2 amide bonds. The van der Waals surface area contributed by atoms with Gasteiger partial charge in [-0.3, -0.25) is 14.5 Å². The molecular weight excluding hydrogens is 388 g/mol. The lowest BCUT2D eigenvalue weighted by atomic mass is 10.0. The lowest BCUT2D eigenvalue weighted by Gasteiger charge is -2.26. The molecule has 0 bridgehead atoms. The zero-order valence-corrected chi connectivity index (χ0v) is 18.0. The number of carbonyl (C=O) groups excluding carboxylic acids is 2. The van der Waals surface area contributed by atoms with Gasteiger partial charge in [-0.25, -0.2) is 0 Å². The van der Waals surface area contributed by atoms with Crippen LogP contribution in [0.15, 0.2) is 49.6 Å². The Kier molecular flexibility index (Phi) is 7.76. The van der Waals surface area contributed by atoms with Crippen molar-refractivity contribution in [2.24, 2.45) is 0 Å². The largest absolute Gasteiger partial charge is 0.348 e. The van der Waals surface area contributed by atoms with E-state index in [4.69, 9.17) is 0 Å². The molecule has 0 spiro atoms. The van der Waals surface area contributed by atoms with Crippen LogP contribution in [0.3, 0.4) is 0 Å². The number of rotatable bonds is 8. The van der Waals surface area contributed by atoms with Gasteiger partial charge in [0.05, 0.1) is 6.54 Å². The van der Waals surface area contributed by atoms with Gasteiger partial charge in [0.1, 0.15) is 0 Å². The quantitative estimate of drug-likeness (QED) is 0.616. The highest BCUT2D eigenvalue weighted by Gasteiger charge is 2.15. The van der Waals surface area contributed by atoms with E-state index in [-0.39, 0.29) is 11.8 Å². The third-order valence-corrected chi connectivity index (χ3v) is 5.44. The van der Waals surface area contributed by atoms with Crippen molar-refractivity contribution >= 4 is 29.7 Å². The minimum absolute atomic E-state index is 0.0750. The molecule has 1 fully saturated rings. The fourth-order valence-electron chi connectivity index (χ4n) is 3.70. The highest BCUT2D eigenvalue weighted by molar-refractivity contribution is 5.98. The average molecular weight is 419 g/mol. The van der Waals surface area contributed by atoms with Crippen molar-refractivity contribution in [1.29, 1.82) is 0 Å². The van der Waals surface area contributed by atoms with Gasteiger partial charge >= 0.3 is 0 Å². The van der Waals surface area contributed by atoms with E-state index in [2.05, 4.69) is 34.0 Å². The number of nitrogens with one attached hydrogen (secondary N) is 3. The maximum Gasteiger partial charge on any atom is 0.251 e. The van der Waals surface area contributed by atoms with Crippen LogP contribution >= 0.6 is 0 Å². The second-order valence-corrected chi connectivity index (χ2v) is 7.61. The maximum absolute atomic E-state index is 12.9. The number of hydrogen-bond acceptors (Lipinski definition) is 4. The fraction of sp³-hybridized carbons (Fsp3) is 0.280. The molecule has 0 aromatic heterocycles. The summed E-state index contributed by atoms with van der Waals surface area (Å²) in [6.45, 7) is 13.8. The summed E-state index contributed by atoms with van der Waals surface area (Å²) in [5.74, 6) is -0.260. The Morgan fingerprint density at radius 3 is 2.61 bits per heavy atom. The Morgan fingerprint density at radius 2 is 1.90 bits per heavy atom. The molecule has 31 heavy (non-hydrogen) atoms. The van der Waals surface area contributed by atoms with Gasteiger partial charge < -0.3 is 16.0 Å². The number of hydrogen-bond donors (Lipinski definition) is 3. The second-order valence-electron chi connectivity index (χ2n) is 7.61. The van der Waals surface area contributed by atoms with Gasteiger partial charge in [-0.1, -0.05) is 49.6 Å². The highest BCUT2D eigenvalue weighted by atomic mass is 16.2. The molecule has 1 aliphatic heterocycles. The van der Waals surface area contributed by atoms with E-state index in [0.717, 1.165) is 48.4 Å². The number of benzene rings is 2. The Bertz CT molecular complexity index is 977. The predicted molar refractivity (Wildman–Crippen MR) is 127 cm³/mol. The standard InChI is InChI=1S/C25H30N4O2/c1-4-19-7-6-8-20(22(19)5-2)16-27-25(31)23-15-21(10-9-18(23)3)28-24(30)17-29-13-11-26-12-14-29/h4-10,15,26H,1-2,11-14,16-17H2,3H3,(H,27,31)(H,28,30). The minimum Gasteiger partial charge on any atom is -0.348 e. The lowest BCUT2D eigenvalue weighted by Crippen LogP contribution is -2.46. The molecule has 0 saturated carbocycles. The third-order valence-electron chi connectivity index (χ3n) is 5.44. The first kappa shape index (κ1) is 22.5. The highest BCUT2D eigenvalue weighted by Crippen LogP contribution is 2.19. The zero-order valence-electron chi connectivity index (χ0n) is 18.0. The molecule has 0 atom stereocenters. The summed E-state index contributed by atoms with van der Waals surface area (Å²) < 4.78 is 0. The molecule has 1 saturated heterocycles. The lowest BCUT2D eigenvalue weighted by molar-refractivity contribution is -0.117. The maximum atomic E-state index is 12.9. The molecule has 0 aliphatic carbocycles. The van der Waals surface area contributed by atoms with E-state index in [1.165, 1.54) is 0 Å². The molecule has 3 rings (SSSR count). The van der Waals surface area contributed by atoms with Gasteiger partial charge in [0, 0.05) is 44.0 Å². The van der Waals surface area contributed by atoms with E-state index in [1.807, 2.05) is 37.3 Å². The number of nitrogens with zero attached hydrogens (tertiary/aromatic N) is 1. The number of carbonyl (C=O) groups is 2. The average Bonchev–Trinajstić information content (AvgIpc) is 2.78. The second kappa shape index (κ2) is 10.7. The molecule has 1 heterocycles. The van der Waals surface area contributed by atoms with Gasteiger partial charge in [0.25, 0.3) is 5.91 Å². The zero-order chi connectivity index (χ0) is 22.2. The van der Waals surface area contributed by atoms with Crippen LogP contribution in [0.1, 0.15) is 32.6 Å². The van der Waals surface area contributed by atoms with Gasteiger partial charge in [0.2, 0.25) is 5.91 Å². The summed E-state index contributed by atoms with van der Waals surface area (Å²) in [5, 5.41) is 9.17. The molecular formula is C25H30N4O2. The molecule has 0 radical (unpaired) electrons. The SMILES string of the molecule is C=Cc1cccc(CNC(=O)c2cc(NC(=O)CN3CCNCC3)ccc2C)c1C=C. The van der Waals surface area contributed by atoms with E-state index >= 15 is 0 Å². The summed E-state index contributed by atoms with van der Waals surface area (Å²) in [5.41, 5.74) is 4.92. The van der Waals surface area contributed by atoms with Crippen molar-refractivity contribution in [2.45, 2.75) is 13.5 Å². The topological polar surface area (TPSA) is 73.5 Å². The fourth-order valence-corrected chi connectivity index (χ4v) is 3.70. The van der Waals surface area contributed by atoms with Crippen LogP contribution in [0.25, 0.3) is 12.2 Å². The van der Waals surface area contributed by atoms with Crippen molar-refractivity contribution in [3.63, 3.8) is 0 Å². The van der Waals surface area contributed by atoms with Crippen LogP contribution in [-0.2, 0) is 11.3 Å².